The molecule has 5 nitrogen and oxygen atoms in total. The van der Waals surface area contributed by atoms with Gasteiger partial charge in [-0.1, -0.05) is 17.7 Å². The van der Waals surface area contributed by atoms with Crippen LogP contribution in [0.4, 0.5) is 0 Å². The Labute approximate surface area is 113 Å². The molecule has 0 fully saturated rings. The average molecular weight is 267 g/mol. The Bertz CT molecular complexity index is 433. The van der Waals surface area contributed by atoms with Crippen molar-refractivity contribution in [3.8, 4) is 5.75 Å². The summed E-state index contributed by atoms with van der Waals surface area (Å²) in [5.41, 5.74) is 1.62. The fraction of sp³-hybridized carbons (Fsp3) is 0.500. The van der Waals surface area contributed by atoms with Gasteiger partial charge in [0.1, 0.15) is 11.8 Å². The molecule has 1 aromatic rings. The number of rotatable bonds is 7. The number of ether oxygens (including phenoxy) is 1. The lowest BCUT2D eigenvalue weighted by molar-refractivity contribution is -0.143. The second kappa shape index (κ2) is 7.11. The Balaban J connectivity index is 3.11. The number of aryl methyl sites for hydroxylation is 1. The van der Waals surface area contributed by atoms with Gasteiger partial charge in [-0.25, -0.2) is 0 Å². The Hall–Kier alpha value is -1.59. The molecule has 1 atom stereocenters. The summed E-state index contributed by atoms with van der Waals surface area (Å²) >= 11 is 0. The molecule has 0 bridgehead atoms. The van der Waals surface area contributed by atoms with Gasteiger partial charge in [0.15, 0.2) is 0 Å². The smallest absolute Gasteiger partial charge is 0.325 e. The molecular weight excluding hydrogens is 246 g/mol. The highest BCUT2D eigenvalue weighted by molar-refractivity contribution is 5.76. The van der Waals surface area contributed by atoms with Gasteiger partial charge in [-0.3, -0.25) is 9.69 Å². The molecule has 106 valence electrons. The van der Waals surface area contributed by atoms with Crippen molar-refractivity contribution in [3.63, 3.8) is 0 Å². The van der Waals surface area contributed by atoms with Crippen LogP contribution in [0, 0.1) is 6.92 Å². The minimum atomic E-state index is -0.927. The van der Waals surface area contributed by atoms with Crippen molar-refractivity contribution in [3.05, 3.63) is 29.3 Å². The number of hydrogen-bond donors (Lipinski definition) is 2. The fourth-order valence-corrected chi connectivity index (χ4v) is 2.08. The molecular formula is C14H21NO4. The Morgan fingerprint density at radius 1 is 1.47 bits per heavy atom. The van der Waals surface area contributed by atoms with Gasteiger partial charge in [-0.2, -0.15) is 0 Å². The number of carbonyl (C=O) groups is 1. The van der Waals surface area contributed by atoms with Gasteiger partial charge >= 0.3 is 5.97 Å². The summed E-state index contributed by atoms with van der Waals surface area (Å²) in [6.45, 7) is 2.46. The van der Waals surface area contributed by atoms with Crippen LogP contribution in [0.1, 0.15) is 23.6 Å². The van der Waals surface area contributed by atoms with Gasteiger partial charge in [-0.15, -0.1) is 0 Å². The molecule has 0 saturated heterocycles. The molecule has 0 heterocycles. The fourth-order valence-electron chi connectivity index (χ4n) is 2.08. The summed E-state index contributed by atoms with van der Waals surface area (Å²) in [5.74, 6) is -0.363. The number of aliphatic hydroxyl groups is 1. The van der Waals surface area contributed by atoms with Crippen LogP contribution in [-0.2, 0) is 4.79 Å². The minimum absolute atomic E-state index is 0.0433. The minimum Gasteiger partial charge on any atom is -0.496 e. The zero-order valence-electron chi connectivity index (χ0n) is 11.6. The highest BCUT2D eigenvalue weighted by Crippen LogP contribution is 2.30. The third kappa shape index (κ3) is 3.94. The SMILES string of the molecule is COc1ccc(C)cc1C(C(=O)O)N(C)CCCO. The van der Waals surface area contributed by atoms with Crippen molar-refractivity contribution in [2.45, 2.75) is 19.4 Å². The van der Waals surface area contributed by atoms with E-state index in [1.54, 1.807) is 18.0 Å². The standard InChI is InChI=1S/C14H21NO4/c1-10-5-6-12(19-3)11(9-10)13(14(17)18)15(2)7-4-8-16/h5-6,9,13,16H,4,7-8H2,1-3H3,(H,17,18). The number of nitrogens with zero attached hydrogens (tertiary/aromatic N) is 1. The summed E-state index contributed by atoms with van der Waals surface area (Å²) in [6, 6.07) is 4.71. The van der Waals surface area contributed by atoms with Gasteiger partial charge < -0.3 is 14.9 Å². The number of likely N-dealkylation sites (N-methyl/N-ethyl adjacent to an activating group) is 1. The van der Waals surface area contributed by atoms with Crippen LogP contribution in [0.25, 0.3) is 0 Å². The summed E-state index contributed by atoms with van der Waals surface area (Å²) in [6.07, 6.45) is 0.536. The van der Waals surface area contributed by atoms with Gasteiger partial charge in [0.05, 0.1) is 7.11 Å². The molecule has 0 aliphatic rings. The van der Waals surface area contributed by atoms with E-state index >= 15 is 0 Å². The first-order valence-electron chi connectivity index (χ1n) is 6.19. The van der Waals surface area contributed by atoms with Crippen LogP contribution in [0.2, 0.25) is 0 Å². The maximum absolute atomic E-state index is 11.5. The molecule has 0 amide bonds. The number of aliphatic carboxylic acids is 1. The Morgan fingerprint density at radius 2 is 2.16 bits per heavy atom. The van der Waals surface area contributed by atoms with E-state index in [1.807, 2.05) is 19.1 Å². The van der Waals surface area contributed by atoms with Crippen molar-refractivity contribution < 1.29 is 19.7 Å². The highest BCUT2D eigenvalue weighted by atomic mass is 16.5. The van der Waals surface area contributed by atoms with Crippen molar-refractivity contribution in [1.29, 1.82) is 0 Å². The largest absolute Gasteiger partial charge is 0.496 e. The normalized spacial score (nSPS) is 12.5. The van der Waals surface area contributed by atoms with Crippen LogP contribution < -0.4 is 4.74 Å². The Morgan fingerprint density at radius 3 is 2.68 bits per heavy atom. The molecule has 0 saturated carbocycles. The monoisotopic (exact) mass is 267 g/mol. The summed E-state index contributed by atoms with van der Waals surface area (Å²) < 4.78 is 5.25. The first-order chi connectivity index (χ1) is 9.01. The van der Waals surface area contributed by atoms with Crippen LogP contribution in [0.3, 0.4) is 0 Å². The number of benzene rings is 1. The number of methoxy groups -OCH3 is 1. The molecule has 1 unspecified atom stereocenters. The summed E-state index contributed by atoms with van der Waals surface area (Å²) in [4.78, 5) is 13.2. The molecule has 0 aromatic heterocycles. The van der Waals surface area contributed by atoms with Crippen molar-refractivity contribution in [1.82, 2.24) is 4.90 Å². The van der Waals surface area contributed by atoms with Crippen LogP contribution >= 0.6 is 0 Å². The second-order valence-electron chi connectivity index (χ2n) is 4.54. The number of carboxylic acid groups (broad SMARTS) is 1. The molecule has 1 rings (SSSR count). The molecule has 19 heavy (non-hydrogen) atoms. The van der Waals surface area contributed by atoms with Crippen molar-refractivity contribution in [2.75, 3.05) is 27.3 Å². The predicted molar refractivity (Wildman–Crippen MR) is 72.4 cm³/mol. The number of carboxylic acids is 1. The predicted octanol–water partition coefficient (Wildman–Crippen LogP) is 1.44. The third-order valence-electron chi connectivity index (χ3n) is 3.02. The molecule has 0 aliphatic carbocycles. The topological polar surface area (TPSA) is 70.0 Å². The van der Waals surface area contributed by atoms with E-state index in [0.717, 1.165) is 5.56 Å². The lowest BCUT2D eigenvalue weighted by Gasteiger charge is -2.26. The second-order valence-corrected chi connectivity index (χ2v) is 4.54. The molecule has 1 aromatic carbocycles. The summed E-state index contributed by atoms with van der Waals surface area (Å²) in [5, 5.41) is 18.3. The van der Waals surface area contributed by atoms with Crippen LogP contribution in [0.5, 0.6) is 5.75 Å². The third-order valence-corrected chi connectivity index (χ3v) is 3.02. The number of hydrogen-bond acceptors (Lipinski definition) is 4. The van der Waals surface area contributed by atoms with E-state index in [1.165, 1.54) is 7.11 Å². The van der Waals surface area contributed by atoms with E-state index in [2.05, 4.69) is 0 Å². The van der Waals surface area contributed by atoms with Gasteiger partial charge in [0, 0.05) is 18.7 Å². The Kier molecular flexibility index (Phi) is 5.79. The first-order valence-corrected chi connectivity index (χ1v) is 6.19. The van der Waals surface area contributed by atoms with E-state index in [-0.39, 0.29) is 6.61 Å². The quantitative estimate of drug-likeness (QED) is 0.782. The van der Waals surface area contributed by atoms with Gasteiger partial charge in [0.2, 0.25) is 0 Å². The maximum atomic E-state index is 11.5. The molecule has 0 radical (unpaired) electrons. The van der Waals surface area contributed by atoms with E-state index < -0.39 is 12.0 Å². The number of aliphatic hydroxyl groups excluding tert-OH is 1. The molecule has 5 heteroatoms. The summed E-state index contributed by atoms with van der Waals surface area (Å²) in [7, 11) is 3.26. The lowest BCUT2D eigenvalue weighted by atomic mass is 10.0. The van der Waals surface area contributed by atoms with Crippen molar-refractivity contribution >= 4 is 5.97 Å². The van der Waals surface area contributed by atoms with Crippen LogP contribution in [-0.4, -0.2) is 48.4 Å². The van der Waals surface area contributed by atoms with Gasteiger partial charge in [0.25, 0.3) is 0 Å². The lowest BCUT2D eigenvalue weighted by Crippen LogP contribution is -2.32. The molecule has 2 N–H and O–H groups in total. The molecule has 0 spiro atoms. The van der Waals surface area contributed by atoms with Gasteiger partial charge in [-0.05, 0) is 26.5 Å². The zero-order chi connectivity index (χ0) is 14.4. The maximum Gasteiger partial charge on any atom is 0.325 e. The van der Waals surface area contributed by atoms with E-state index in [9.17, 15) is 9.90 Å². The average Bonchev–Trinajstić information content (AvgIpc) is 2.36. The highest BCUT2D eigenvalue weighted by Gasteiger charge is 2.27. The van der Waals surface area contributed by atoms with Crippen LogP contribution in [0.15, 0.2) is 18.2 Å². The van der Waals surface area contributed by atoms with E-state index in [0.29, 0.717) is 24.3 Å². The first kappa shape index (κ1) is 15.5. The van der Waals surface area contributed by atoms with Crippen molar-refractivity contribution in [2.24, 2.45) is 0 Å². The zero-order valence-corrected chi connectivity index (χ0v) is 11.6. The molecule has 0 aliphatic heterocycles. The van der Waals surface area contributed by atoms with E-state index in [4.69, 9.17) is 9.84 Å².